The molecule has 6 heteroatoms. The Hall–Kier alpha value is -2.11. The zero-order valence-corrected chi connectivity index (χ0v) is 12.8. The first-order chi connectivity index (χ1) is 10.7. The second-order valence-electron chi connectivity index (χ2n) is 4.89. The van der Waals surface area contributed by atoms with Crippen molar-refractivity contribution in [3.8, 4) is 0 Å². The Morgan fingerprint density at radius 3 is 2.68 bits per heavy atom. The van der Waals surface area contributed by atoms with E-state index in [1.165, 1.54) is 0 Å². The van der Waals surface area contributed by atoms with E-state index in [-0.39, 0.29) is 18.6 Å². The zero-order chi connectivity index (χ0) is 15.8. The van der Waals surface area contributed by atoms with Gasteiger partial charge in [0.25, 0.3) is 0 Å². The van der Waals surface area contributed by atoms with Crippen LogP contribution in [0.15, 0.2) is 48.7 Å². The minimum Gasteiger partial charge on any atom is -0.396 e. The molecule has 2 aromatic rings. The largest absolute Gasteiger partial charge is 0.396 e. The number of hydrogen-bond donors (Lipinski definition) is 3. The molecule has 1 aromatic carbocycles. The molecular weight excluding hydrogens is 302 g/mol. The minimum absolute atomic E-state index is 0.0249. The molecule has 0 aliphatic rings. The molecule has 0 radical (unpaired) electrons. The monoisotopic (exact) mass is 319 g/mol. The molecule has 1 atom stereocenters. The van der Waals surface area contributed by atoms with Crippen LogP contribution in [0.1, 0.15) is 5.69 Å². The number of nitrogens with zero attached hydrogens (tertiary/aromatic N) is 1. The van der Waals surface area contributed by atoms with Gasteiger partial charge in [-0.15, -0.1) is 0 Å². The number of benzene rings is 1. The number of aliphatic hydroxyl groups is 1. The highest BCUT2D eigenvalue weighted by atomic mass is 35.5. The number of amides is 2. The predicted octanol–water partition coefficient (Wildman–Crippen LogP) is 2.71. The van der Waals surface area contributed by atoms with Crippen molar-refractivity contribution in [2.45, 2.75) is 6.42 Å². The molecule has 2 amide bonds. The standard InChI is InChI=1S/C16H18ClN3O2/c17-14-6-1-2-7-15(14)20-16(22)19-10-12(11-21)9-13-5-3-4-8-18-13/h1-8,12,21H,9-11H2,(H2,19,20,22). The lowest BCUT2D eigenvalue weighted by Gasteiger charge is -2.15. The smallest absolute Gasteiger partial charge is 0.319 e. The topological polar surface area (TPSA) is 74.2 Å². The number of halogens is 1. The van der Waals surface area contributed by atoms with E-state index < -0.39 is 0 Å². The number of aromatic nitrogens is 1. The van der Waals surface area contributed by atoms with Crippen molar-refractivity contribution in [2.24, 2.45) is 5.92 Å². The van der Waals surface area contributed by atoms with E-state index >= 15 is 0 Å². The van der Waals surface area contributed by atoms with Crippen LogP contribution in [0.5, 0.6) is 0 Å². The summed E-state index contributed by atoms with van der Waals surface area (Å²) in [5.74, 6) is -0.0908. The van der Waals surface area contributed by atoms with Gasteiger partial charge in [-0.3, -0.25) is 4.98 Å². The van der Waals surface area contributed by atoms with Crippen molar-refractivity contribution in [1.29, 1.82) is 0 Å². The van der Waals surface area contributed by atoms with Crippen molar-refractivity contribution < 1.29 is 9.90 Å². The number of hydrogen-bond acceptors (Lipinski definition) is 3. The molecule has 0 spiro atoms. The minimum atomic E-state index is -0.354. The Bertz CT molecular complexity index is 607. The van der Waals surface area contributed by atoms with Gasteiger partial charge in [0.2, 0.25) is 0 Å². The molecule has 0 bridgehead atoms. The van der Waals surface area contributed by atoms with E-state index in [2.05, 4.69) is 15.6 Å². The van der Waals surface area contributed by atoms with Crippen LogP contribution in [0.4, 0.5) is 10.5 Å². The fourth-order valence-corrected chi connectivity index (χ4v) is 2.17. The Morgan fingerprint density at radius 2 is 2.00 bits per heavy atom. The molecular formula is C16H18ClN3O2. The van der Waals surface area contributed by atoms with Gasteiger partial charge >= 0.3 is 6.03 Å². The van der Waals surface area contributed by atoms with Crippen LogP contribution in [0.25, 0.3) is 0 Å². The summed E-state index contributed by atoms with van der Waals surface area (Å²) >= 11 is 5.97. The normalized spacial score (nSPS) is 11.7. The van der Waals surface area contributed by atoms with Crippen molar-refractivity contribution in [2.75, 3.05) is 18.5 Å². The van der Waals surface area contributed by atoms with Gasteiger partial charge in [0.15, 0.2) is 0 Å². The van der Waals surface area contributed by atoms with Crippen LogP contribution in [-0.2, 0) is 6.42 Å². The third kappa shape index (κ3) is 5.02. The number of rotatable bonds is 6. The third-order valence-corrected chi connectivity index (χ3v) is 3.49. The van der Waals surface area contributed by atoms with Crippen molar-refractivity contribution in [3.63, 3.8) is 0 Å². The maximum Gasteiger partial charge on any atom is 0.319 e. The second kappa shape index (κ2) is 8.36. The van der Waals surface area contributed by atoms with Crippen LogP contribution >= 0.6 is 11.6 Å². The van der Waals surface area contributed by atoms with Gasteiger partial charge in [0.1, 0.15) is 0 Å². The summed E-state index contributed by atoms with van der Waals surface area (Å²) in [7, 11) is 0. The molecule has 22 heavy (non-hydrogen) atoms. The molecule has 5 nitrogen and oxygen atoms in total. The second-order valence-corrected chi connectivity index (χ2v) is 5.30. The predicted molar refractivity (Wildman–Crippen MR) is 87.0 cm³/mol. The van der Waals surface area contributed by atoms with E-state index in [9.17, 15) is 9.90 Å². The summed E-state index contributed by atoms with van der Waals surface area (Å²) in [5.41, 5.74) is 1.43. The van der Waals surface area contributed by atoms with E-state index in [0.717, 1.165) is 5.69 Å². The molecule has 0 saturated carbocycles. The van der Waals surface area contributed by atoms with Crippen LogP contribution in [0.2, 0.25) is 5.02 Å². The van der Waals surface area contributed by atoms with Gasteiger partial charge in [-0.2, -0.15) is 0 Å². The summed E-state index contributed by atoms with van der Waals surface area (Å²) in [5, 5.41) is 15.3. The molecule has 2 rings (SSSR count). The molecule has 1 heterocycles. The Kier molecular flexibility index (Phi) is 6.18. The fourth-order valence-electron chi connectivity index (χ4n) is 1.98. The Morgan fingerprint density at radius 1 is 1.23 bits per heavy atom. The maximum absolute atomic E-state index is 11.9. The number of carbonyl (C=O) groups excluding carboxylic acids is 1. The van der Waals surface area contributed by atoms with Crippen molar-refractivity contribution in [1.82, 2.24) is 10.3 Å². The third-order valence-electron chi connectivity index (χ3n) is 3.16. The average Bonchev–Trinajstić information content (AvgIpc) is 2.54. The molecule has 116 valence electrons. The summed E-state index contributed by atoms with van der Waals surface area (Å²) < 4.78 is 0. The lowest BCUT2D eigenvalue weighted by molar-refractivity contribution is 0.217. The van der Waals surface area contributed by atoms with Gasteiger partial charge in [-0.25, -0.2) is 4.79 Å². The van der Waals surface area contributed by atoms with Gasteiger partial charge in [-0.05, 0) is 30.7 Å². The molecule has 3 N–H and O–H groups in total. The number of aliphatic hydroxyl groups excluding tert-OH is 1. The highest BCUT2D eigenvalue weighted by molar-refractivity contribution is 6.33. The molecule has 0 aliphatic heterocycles. The number of anilines is 1. The van der Waals surface area contributed by atoms with Gasteiger partial charge in [-0.1, -0.05) is 29.8 Å². The lowest BCUT2D eigenvalue weighted by atomic mass is 10.0. The van der Waals surface area contributed by atoms with Crippen LogP contribution in [0, 0.1) is 5.92 Å². The number of pyridine rings is 1. The first-order valence-corrected chi connectivity index (χ1v) is 7.37. The average molecular weight is 320 g/mol. The van der Waals surface area contributed by atoms with Crippen LogP contribution in [-0.4, -0.2) is 29.3 Å². The first kappa shape index (κ1) is 16.3. The summed E-state index contributed by atoms with van der Waals surface area (Å²) in [6, 6.07) is 12.3. The number of para-hydroxylation sites is 1. The summed E-state index contributed by atoms with van der Waals surface area (Å²) in [6.07, 6.45) is 2.31. The Labute approximate surface area is 134 Å². The van der Waals surface area contributed by atoms with Gasteiger partial charge in [0.05, 0.1) is 10.7 Å². The summed E-state index contributed by atoms with van der Waals surface area (Å²) in [4.78, 5) is 16.1. The number of urea groups is 1. The zero-order valence-electron chi connectivity index (χ0n) is 12.0. The molecule has 0 aliphatic carbocycles. The molecule has 1 aromatic heterocycles. The van der Waals surface area contributed by atoms with Crippen LogP contribution < -0.4 is 10.6 Å². The Balaban J connectivity index is 1.83. The molecule has 0 fully saturated rings. The highest BCUT2D eigenvalue weighted by Gasteiger charge is 2.12. The van der Waals surface area contributed by atoms with Gasteiger partial charge in [0, 0.05) is 31.0 Å². The van der Waals surface area contributed by atoms with Crippen molar-refractivity contribution in [3.05, 3.63) is 59.4 Å². The lowest BCUT2D eigenvalue weighted by Crippen LogP contribution is -2.35. The number of carbonyl (C=O) groups is 1. The van der Waals surface area contributed by atoms with E-state index in [1.54, 1.807) is 30.5 Å². The van der Waals surface area contributed by atoms with E-state index in [0.29, 0.717) is 23.7 Å². The maximum atomic E-state index is 11.9. The SMILES string of the molecule is O=C(NCC(CO)Cc1ccccn1)Nc1ccccc1Cl. The highest BCUT2D eigenvalue weighted by Crippen LogP contribution is 2.20. The summed E-state index contributed by atoms with van der Waals surface area (Å²) in [6.45, 7) is 0.326. The fraction of sp³-hybridized carbons (Fsp3) is 0.250. The number of nitrogens with one attached hydrogen (secondary N) is 2. The molecule has 1 unspecified atom stereocenters. The first-order valence-electron chi connectivity index (χ1n) is 6.99. The van der Waals surface area contributed by atoms with Gasteiger partial charge < -0.3 is 15.7 Å². The van der Waals surface area contributed by atoms with Crippen LogP contribution in [0.3, 0.4) is 0 Å². The molecule has 0 saturated heterocycles. The van der Waals surface area contributed by atoms with Crippen molar-refractivity contribution >= 4 is 23.3 Å². The quantitative estimate of drug-likeness (QED) is 0.766. The van der Waals surface area contributed by atoms with E-state index in [1.807, 2.05) is 18.2 Å². The van der Waals surface area contributed by atoms with E-state index in [4.69, 9.17) is 11.6 Å².